The second-order valence-corrected chi connectivity index (χ2v) is 9.24. The lowest BCUT2D eigenvalue weighted by Gasteiger charge is -2.27. The maximum atomic E-state index is 12.1. The number of esters is 1. The zero-order chi connectivity index (χ0) is 25.4. The van der Waals surface area contributed by atoms with Crippen LogP contribution in [0.15, 0.2) is 58.5 Å². The predicted molar refractivity (Wildman–Crippen MR) is 136 cm³/mol. The Kier molecular flexibility index (Phi) is 8.64. The lowest BCUT2D eigenvalue weighted by Crippen LogP contribution is -2.37. The van der Waals surface area contributed by atoms with Crippen LogP contribution in [-0.2, 0) is 23.7 Å². The summed E-state index contributed by atoms with van der Waals surface area (Å²) < 4.78 is 22.5. The van der Waals surface area contributed by atoms with Crippen LogP contribution in [0.25, 0.3) is 12.2 Å². The van der Waals surface area contributed by atoms with E-state index in [-0.39, 0.29) is 19.0 Å². The molecule has 2 aromatic carbocycles. The van der Waals surface area contributed by atoms with E-state index in [2.05, 4.69) is 4.90 Å². The number of methoxy groups -OCH3 is 1. The minimum Gasteiger partial charge on any atom is -0.463 e. The Labute approximate surface area is 211 Å². The van der Waals surface area contributed by atoms with Crippen molar-refractivity contribution in [3.63, 3.8) is 0 Å². The monoisotopic (exact) mass is 493 g/mol. The van der Waals surface area contributed by atoms with Crippen LogP contribution in [0.2, 0.25) is 0 Å². The Morgan fingerprint density at radius 3 is 1.81 bits per heavy atom. The maximum absolute atomic E-state index is 12.1. The van der Waals surface area contributed by atoms with Crippen molar-refractivity contribution in [2.45, 2.75) is 31.7 Å². The van der Waals surface area contributed by atoms with Crippen molar-refractivity contribution in [1.29, 1.82) is 0 Å². The molecule has 36 heavy (non-hydrogen) atoms. The molecule has 8 heteroatoms. The molecule has 0 aliphatic carbocycles. The molecule has 2 aliphatic heterocycles. The van der Waals surface area contributed by atoms with Crippen LogP contribution < -0.4 is 21.2 Å². The highest BCUT2D eigenvalue weighted by molar-refractivity contribution is 5.69. The van der Waals surface area contributed by atoms with Gasteiger partial charge in [-0.15, -0.1) is 0 Å². The first kappa shape index (κ1) is 26.2. The average Bonchev–Trinajstić information content (AvgIpc) is 3.37. The van der Waals surface area contributed by atoms with Gasteiger partial charge in [-0.3, -0.25) is 9.69 Å². The molecule has 0 spiro atoms. The van der Waals surface area contributed by atoms with Crippen LogP contribution in [0.3, 0.4) is 0 Å². The summed E-state index contributed by atoms with van der Waals surface area (Å²) in [5, 5.41) is 4.04. The molecule has 2 unspecified atom stereocenters. The number of hydrogen-bond donors (Lipinski definition) is 0. The number of nitrogens with zero attached hydrogens (tertiary/aromatic N) is 3. The predicted octanol–water partition coefficient (Wildman–Crippen LogP) is 0.562. The zero-order valence-electron chi connectivity index (χ0n) is 21.3. The van der Waals surface area contributed by atoms with Crippen LogP contribution in [-0.4, -0.2) is 75.5 Å². The van der Waals surface area contributed by atoms with E-state index in [1.165, 1.54) is 0 Å². The number of para-hydroxylation sites is 2. The van der Waals surface area contributed by atoms with E-state index in [0.29, 0.717) is 39.5 Å². The lowest BCUT2D eigenvalue weighted by molar-refractivity contribution is -0.145. The van der Waals surface area contributed by atoms with Crippen molar-refractivity contribution in [2.75, 3.05) is 53.2 Å². The number of fused-ring (bicyclic) bond motifs is 2. The molecule has 2 aromatic rings. The Bertz CT molecular complexity index is 1140. The fourth-order valence-corrected chi connectivity index (χ4v) is 4.35. The topological polar surface area (TPSA) is 82.0 Å². The SMILES string of the molecule is COCCOC(=O)CCN(CCOC1(C)C=c2ccccc2=N1)CCOC1(C)C=c2ccccc2=N1. The third-order valence-corrected chi connectivity index (χ3v) is 6.19. The molecule has 2 atom stereocenters. The van der Waals surface area contributed by atoms with Crippen molar-refractivity contribution in [2.24, 2.45) is 9.98 Å². The van der Waals surface area contributed by atoms with Crippen molar-refractivity contribution < 1.29 is 23.7 Å². The molecule has 0 N–H and O–H groups in total. The summed E-state index contributed by atoms with van der Waals surface area (Å²) >= 11 is 0. The average molecular weight is 494 g/mol. The smallest absolute Gasteiger partial charge is 0.307 e. The number of benzene rings is 2. The number of carbonyl (C=O) groups excluding carboxylic acids is 1. The van der Waals surface area contributed by atoms with Gasteiger partial charge in [0.2, 0.25) is 0 Å². The van der Waals surface area contributed by atoms with Gasteiger partial charge in [0.15, 0.2) is 11.4 Å². The molecule has 2 heterocycles. The van der Waals surface area contributed by atoms with Gasteiger partial charge in [0, 0.05) is 37.2 Å². The van der Waals surface area contributed by atoms with Gasteiger partial charge in [0.25, 0.3) is 0 Å². The zero-order valence-corrected chi connectivity index (χ0v) is 21.3. The summed E-state index contributed by atoms with van der Waals surface area (Å²) in [6.45, 7) is 7.28. The van der Waals surface area contributed by atoms with Gasteiger partial charge in [0.05, 0.1) is 37.0 Å². The standard InChI is InChI=1S/C28H35N3O5/c1-27(20-22-8-4-6-10-24(22)29-27)35-16-14-31(13-12-26(32)34-19-18-33-3)15-17-36-28(2)21-23-9-5-7-11-25(23)30-28/h4-11,20-21H,12-19H2,1-3H3. The number of ether oxygens (including phenoxy) is 4. The summed E-state index contributed by atoms with van der Waals surface area (Å²) in [6, 6.07) is 16.0. The quantitative estimate of drug-likeness (QED) is 0.283. The Morgan fingerprint density at radius 1 is 0.778 bits per heavy atom. The molecule has 0 amide bonds. The molecule has 4 rings (SSSR count). The van der Waals surface area contributed by atoms with Crippen LogP contribution in [0.1, 0.15) is 20.3 Å². The minimum absolute atomic E-state index is 0.248. The molecular formula is C28H35N3O5. The van der Waals surface area contributed by atoms with Crippen LogP contribution >= 0.6 is 0 Å². The maximum Gasteiger partial charge on any atom is 0.307 e. The molecule has 0 radical (unpaired) electrons. The summed E-state index contributed by atoms with van der Waals surface area (Å²) in [4.78, 5) is 23.7. The van der Waals surface area contributed by atoms with E-state index >= 15 is 0 Å². The van der Waals surface area contributed by atoms with Gasteiger partial charge in [-0.25, -0.2) is 9.98 Å². The van der Waals surface area contributed by atoms with Gasteiger partial charge >= 0.3 is 5.97 Å². The van der Waals surface area contributed by atoms with Crippen molar-refractivity contribution in [3.05, 3.63) is 69.7 Å². The highest BCUT2D eigenvalue weighted by Crippen LogP contribution is 2.17. The number of hydrogen-bond acceptors (Lipinski definition) is 8. The molecule has 2 aliphatic rings. The first-order valence-corrected chi connectivity index (χ1v) is 12.4. The Balaban J connectivity index is 1.31. The molecule has 192 valence electrons. The fourth-order valence-electron chi connectivity index (χ4n) is 4.35. The molecule has 0 fully saturated rings. The second kappa shape index (κ2) is 11.9. The van der Waals surface area contributed by atoms with Gasteiger partial charge in [-0.1, -0.05) is 36.4 Å². The van der Waals surface area contributed by atoms with Gasteiger partial charge in [0.1, 0.15) is 6.61 Å². The summed E-state index contributed by atoms with van der Waals surface area (Å²) in [5.41, 5.74) is -1.39. The van der Waals surface area contributed by atoms with Crippen molar-refractivity contribution >= 4 is 18.1 Å². The third kappa shape index (κ3) is 7.07. The minimum atomic E-state index is -0.693. The summed E-state index contributed by atoms with van der Waals surface area (Å²) in [7, 11) is 1.58. The molecular weight excluding hydrogens is 458 g/mol. The first-order valence-electron chi connectivity index (χ1n) is 12.4. The number of carbonyl (C=O) groups is 1. The molecule has 8 nitrogen and oxygen atoms in total. The highest BCUT2D eigenvalue weighted by Gasteiger charge is 2.26. The first-order chi connectivity index (χ1) is 17.4. The van der Waals surface area contributed by atoms with Crippen molar-refractivity contribution in [3.8, 4) is 0 Å². The van der Waals surface area contributed by atoms with Crippen LogP contribution in [0.4, 0.5) is 0 Å². The van der Waals surface area contributed by atoms with E-state index in [1.807, 2.05) is 74.5 Å². The van der Waals surface area contributed by atoms with E-state index < -0.39 is 11.4 Å². The summed E-state index contributed by atoms with van der Waals surface area (Å²) in [5.74, 6) is -0.248. The van der Waals surface area contributed by atoms with Crippen LogP contribution in [0, 0.1) is 0 Å². The van der Waals surface area contributed by atoms with Gasteiger partial charge in [-0.2, -0.15) is 0 Å². The lowest BCUT2D eigenvalue weighted by atomic mass is 10.2. The Hall–Kier alpha value is -2.91. The van der Waals surface area contributed by atoms with Gasteiger partial charge < -0.3 is 18.9 Å². The molecule has 0 aromatic heterocycles. The highest BCUT2D eigenvalue weighted by atomic mass is 16.6. The van der Waals surface area contributed by atoms with Crippen molar-refractivity contribution in [1.82, 2.24) is 4.90 Å². The second-order valence-electron chi connectivity index (χ2n) is 9.24. The van der Waals surface area contributed by atoms with E-state index in [0.717, 1.165) is 21.2 Å². The fraction of sp³-hybridized carbons (Fsp3) is 0.464. The van der Waals surface area contributed by atoms with Crippen LogP contribution in [0.5, 0.6) is 0 Å². The van der Waals surface area contributed by atoms with E-state index in [4.69, 9.17) is 28.9 Å². The largest absolute Gasteiger partial charge is 0.463 e. The van der Waals surface area contributed by atoms with Gasteiger partial charge in [-0.05, 0) is 38.1 Å². The summed E-state index contributed by atoms with van der Waals surface area (Å²) in [6.07, 6.45) is 4.36. The number of rotatable bonds is 14. The Morgan fingerprint density at radius 2 is 1.31 bits per heavy atom. The third-order valence-electron chi connectivity index (χ3n) is 6.19. The normalized spacial score (nSPS) is 21.7. The van der Waals surface area contributed by atoms with E-state index in [9.17, 15) is 4.79 Å². The van der Waals surface area contributed by atoms with E-state index in [1.54, 1.807) is 7.11 Å². The molecule has 0 saturated heterocycles. The molecule has 0 bridgehead atoms. The molecule has 0 saturated carbocycles.